The lowest BCUT2D eigenvalue weighted by molar-refractivity contribution is 0.686. The summed E-state index contributed by atoms with van der Waals surface area (Å²) in [6.07, 6.45) is 4.94. The summed E-state index contributed by atoms with van der Waals surface area (Å²) in [5, 5.41) is 1.34. The van der Waals surface area contributed by atoms with Crippen LogP contribution in [0.1, 0.15) is 12.0 Å². The monoisotopic (exact) mass is 368 g/mol. The number of fused-ring (bicyclic) bond motifs is 1. The van der Waals surface area contributed by atoms with Crippen LogP contribution in [-0.4, -0.2) is 9.58 Å². The van der Waals surface area contributed by atoms with Gasteiger partial charge in [-0.25, -0.2) is 0 Å². The highest BCUT2D eigenvalue weighted by molar-refractivity contribution is 8.08. The Kier molecular flexibility index (Phi) is 4.80. The summed E-state index contributed by atoms with van der Waals surface area (Å²) < 4.78 is -0.499. The van der Waals surface area contributed by atoms with Gasteiger partial charge in [-0.1, -0.05) is 95.5 Å². The minimum absolute atomic E-state index is 0.161. The van der Waals surface area contributed by atoms with Crippen LogP contribution >= 0.6 is 46.6 Å². The molecule has 0 spiro atoms. The smallest absolute Gasteiger partial charge is 0.137 e. The normalized spacial score (nSPS) is 27.3. The van der Waals surface area contributed by atoms with Gasteiger partial charge in [-0.2, -0.15) is 0 Å². The number of rotatable bonds is 1. The van der Waals surface area contributed by atoms with Crippen molar-refractivity contribution in [2.45, 2.75) is 20.8 Å². The number of hydrogen-bond donors (Lipinski definition) is 0. The van der Waals surface area contributed by atoms with Gasteiger partial charge in [0.2, 0.25) is 0 Å². The molecule has 4 heteroatoms. The van der Waals surface area contributed by atoms with Crippen molar-refractivity contribution in [3.8, 4) is 0 Å². The van der Waals surface area contributed by atoms with Crippen LogP contribution in [0.25, 0.3) is 0 Å². The first-order valence-corrected chi connectivity index (χ1v) is 9.05. The average molecular weight is 370 g/mol. The average Bonchev–Trinajstić information content (AvgIpc) is 3.23. The zero-order chi connectivity index (χ0) is 15.6. The van der Waals surface area contributed by atoms with Gasteiger partial charge in [-0.15, -0.1) is 11.8 Å². The Morgan fingerprint density at radius 3 is 1.95 bits per heavy atom. The predicted octanol–water partition coefficient (Wildman–Crippen LogP) is 6.47. The van der Waals surface area contributed by atoms with Gasteiger partial charge in [-0.3, -0.25) is 0 Å². The SMILES string of the molecule is ClC1(Cl)C=CC2(c3ccccc3)SC2C1.Clc1ccccc1. The first-order valence-electron chi connectivity index (χ1n) is 7.04. The fraction of sp³-hybridized carbons (Fsp3) is 0.222. The molecule has 4 rings (SSSR count). The molecule has 1 aliphatic carbocycles. The number of allylic oxidation sites excluding steroid dienone is 1. The molecular formula is C18H15Cl3S. The molecule has 1 aliphatic heterocycles. The maximum atomic E-state index is 6.11. The van der Waals surface area contributed by atoms with E-state index in [2.05, 4.69) is 30.3 Å². The number of hydrogen-bond acceptors (Lipinski definition) is 1. The van der Waals surface area contributed by atoms with Crippen LogP contribution in [0.4, 0.5) is 0 Å². The Morgan fingerprint density at radius 1 is 0.864 bits per heavy atom. The molecule has 0 N–H and O–H groups in total. The molecule has 1 saturated heterocycles. The second-order valence-corrected chi connectivity index (χ2v) is 8.82. The third kappa shape index (κ3) is 3.65. The summed E-state index contributed by atoms with van der Waals surface area (Å²) in [6.45, 7) is 0. The Hall–Kier alpha value is -0.600. The van der Waals surface area contributed by atoms with Crippen LogP contribution in [0.5, 0.6) is 0 Å². The van der Waals surface area contributed by atoms with Crippen LogP contribution in [-0.2, 0) is 4.75 Å². The molecule has 0 nitrogen and oxygen atoms in total. The van der Waals surface area contributed by atoms with Crippen molar-refractivity contribution in [2.75, 3.05) is 0 Å². The van der Waals surface area contributed by atoms with E-state index in [4.69, 9.17) is 34.8 Å². The minimum atomic E-state index is -0.660. The summed E-state index contributed by atoms with van der Waals surface area (Å²) in [5.74, 6) is 0. The van der Waals surface area contributed by atoms with Crippen LogP contribution < -0.4 is 0 Å². The highest BCUT2D eigenvalue weighted by atomic mass is 35.5. The minimum Gasteiger partial charge on any atom is -0.139 e. The highest BCUT2D eigenvalue weighted by Gasteiger charge is 2.59. The molecule has 0 bridgehead atoms. The quantitative estimate of drug-likeness (QED) is 0.315. The van der Waals surface area contributed by atoms with E-state index in [1.807, 2.05) is 54.2 Å². The van der Waals surface area contributed by atoms with Crippen LogP contribution in [0.2, 0.25) is 5.02 Å². The van der Waals surface area contributed by atoms with Crippen LogP contribution in [0.15, 0.2) is 72.8 Å². The zero-order valence-corrected chi connectivity index (χ0v) is 14.8. The summed E-state index contributed by atoms with van der Waals surface area (Å²) in [7, 11) is 0. The number of alkyl halides is 2. The second kappa shape index (κ2) is 6.49. The summed E-state index contributed by atoms with van der Waals surface area (Å²) in [5.41, 5.74) is 1.36. The van der Waals surface area contributed by atoms with E-state index in [9.17, 15) is 0 Å². The molecule has 2 atom stereocenters. The van der Waals surface area contributed by atoms with Gasteiger partial charge in [0, 0.05) is 10.3 Å². The predicted molar refractivity (Wildman–Crippen MR) is 99.1 cm³/mol. The Bertz CT molecular complexity index is 655. The van der Waals surface area contributed by atoms with Crippen molar-refractivity contribution in [1.29, 1.82) is 0 Å². The van der Waals surface area contributed by atoms with Gasteiger partial charge in [0.25, 0.3) is 0 Å². The lowest BCUT2D eigenvalue weighted by Crippen LogP contribution is -2.23. The maximum absolute atomic E-state index is 6.11. The van der Waals surface area contributed by atoms with Crippen molar-refractivity contribution in [1.82, 2.24) is 0 Å². The topological polar surface area (TPSA) is 0 Å². The molecule has 2 aliphatic rings. The van der Waals surface area contributed by atoms with Gasteiger partial charge in [0.1, 0.15) is 4.33 Å². The van der Waals surface area contributed by atoms with E-state index in [-0.39, 0.29) is 4.75 Å². The summed E-state index contributed by atoms with van der Waals surface area (Å²) in [4.78, 5) is 0. The van der Waals surface area contributed by atoms with Crippen LogP contribution in [0.3, 0.4) is 0 Å². The van der Waals surface area contributed by atoms with E-state index in [0.29, 0.717) is 5.25 Å². The molecule has 0 aromatic heterocycles. The third-order valence-corrected chi connectivity index (χ3v) is 6.18. The van der Waals surface area contributed by atoms with E-state index in [1.54, 1.807) is 0 Å². The molecule has 1 fully saturated rings. The fourth-order valence-corrected chi connectivity index (χ4v) is 4.79. The van der Waals surface area contributed by atoms with Crippen molar-refractivity contribution in [3.63, 3.8) is 0 Å². The van der Waals surface area contributed by atoms with Gasteiger partial charge in [0.15, 0.2) is 0 Å². The van der Waals surface area contributed by atoms with E-state index in [0.717, 1.165) is 11.4 Å². The molecule has 2 aromatic rings. The largest absolute Gasteiger partial charge is 0.139 e. The number of thioether (sulfide) groups is 1. The number of halogens is 3. The fourth-order valence-electron chi connectivity index (χ4n) is 2.57. The van der Waals surface area contributed by atoms with E-state index in [1.165, 1.54) is 5.56 Å². The first-order chi connectivity index (χ1) is 10.5. The molecule has 2 unspecified atom stereocenters. The van der Waals surface area contributed by atoms with Gasteiger partial charge < -0.3 is 0 Å². The first kappa shape index (κ1) is 16.3. The third-order valence-electron chi connectivity index (χ3n) is 3.75. The van der Waals surface area contributed by atoms with Gasteiger partial charge in [-0.05, 0) is 24.1 Å². The van der Waals surface area contributed by atoms with Crippen molar-refractivity contribution in [2.24, 2.45) is 0 Å². The lowest BCUT2D eigenvalue weighted by atomic mass is 9.89. The van der Waals surface area contributed by atoms with Gasteiger partial charge in [0.05, 0.1) is 4.75 Å². The molecule has 1 heterocycles. The number of benzene rings is 2. The Balaban J connectivity index is 0.000000174. The Morgan fingerprint density at radius 2 is 1.45 bits per heavy atom. The van der Waals surface area contributed by atoms with E-state index < -0.39 is 4.33 Å². The molecule has 114 valence electrons. The standard InChI is InChI=1S/C12H10Cl2S.C6H5Cl/c13-11(14)6-7-12(10(8-11)15-12)9-4-2-1-3-5-9;7-6-4-2-1-3-5-6/h1-7,10H,8H2;1-5H. The molecule has 0 amide bonds. The van der Waals surface area contributed by atoms with Crippen molar-refractivity contribution < 1.29 is 0 Å². The second-order valence-electron chi connectivity index (χ2n) is 5.36. The molecule has 2 aromatic carbocycles. The van der Waals surface area contributed by atoms with Crippen molar-refractivity contribution >= 4 is 46.6 Å². The van der Waals surface area contributed by atoms with Crippen molar-refractivity contribution in [3.05, 3.63) is 83.4 Å². The van der Waals surface area contributed by atoms with Crippen LogP contribution in [0, 0.1) is 0 Å². The maximum Gasteiger partial charge on any atom is 0.137 e. The molecule has 0 saturated carbocycles. The lowest BCUT2D eigenvalue weighted by Gasteiger charge is -2.22. The molecule has 0 radical (unpaired) electrons. The Labute approximate surface area is 150 Å². The van der Waals surface area contributed by atoms with Gasteiger partial charge >= 0.3 is 0 Å². The highest BCUT2D eigenvalue weighted by Crippen LogP contribution is 2.67. The molecule has 22 heavy (non-hydrogen) atoms. The summed E-state index contributed by atoms with van der Waals surface area (Å²) in [6, 6.07) is 20.0. The summed E-state index contributed by atoms with van der Waals surface area (Å²) >= 11 is 19.7. The van der Waals surface area contributed by atoms with E-state index >= 15 is 0 Å². The molecular weight excluding hydrogens is 355 g/mol. The zero-order valence-electron chi connectivity index (χ0n) is 11.8.